The highest BCUT2D eigenvalue weighted by molar-refractivity contribution is 6.00. The van der Waals surface area contributed by atoms with E-state index in [9.17, 15) is 0 Å². The number of hydrogen-bond donors (Lipinski definition) is 1. The molecule has 1 N–H and O–H groups in total. The Morgan fingerprint density at radius 3 is 2.35 bits per heavy atom. The molecule has 2 nitrogen and oxygen atoms in total. The molecule has 1 aromatic carbocycles. The summed E-state index contributed by atoms with van der Waals surface area (Å²) in [6, 6.07) is 10.4. The maximum absolute atomic E-state index is 4.54. The van der Waals surface area contributed by atoms with Gasteiger partial charge in [0.2, 0.25) is 0 Å². The number of benzene rings is 1. The van der Waals surface area contributed by atoms with Crippen molar-refractivity contribution in [1.82, 2.24) is 5.43 Å². The van der Waals surface area contributed by atoms with Crippen molar-refractivity contribution < 1.29 is 0 Å². The van der Waals surface area contributed by atoms with Crippen molar-refractivity contribution in [2.45, 2.75) is 40.5 Å². The summed E-state index contributed by atoms with van der Waals surface area (Å²) in [5.41, 5.74) is 5.76. The van der Waals surface area contributed by atoms with Crippen LogP contribution in [0, 0.1) is 5.41 Å². The Balaban J connectivity index is 2.83. The molecular weight excluding hydrogens is 208 g/mol. The van der Waals surface area contributed by atoms with Crippen LogP contribution in [0.1, 0.15) is 46.1 Å². The number of nitrogens with one attached hydrogen (secondary N) is 1. The van der Waals surface area contributed by atoms with Gasteiger partial charge in [0.1, 0.15) is 0 Å². The molecule has 1 rings (SSSR count). The van der Waals surface area contributed by atoms with E-state index in [2.05, 4.69) is 62.5 Å². The lowest BCUT2D eigenvalue weighted by Gasteiger charge is -2.19. The Hall–Kier alpha value is -1.31. The first-order chi connectivity index (χ1) is 8.03. The Morgan fingerprint density at radius 2 is 1.82 bits per heavy atom. The number of hydrazone groups is 1. The van der Waals surface area contributed by atoms with Gasteiger partial charge in [-0.1, -0.05) is 58.0 Å². The second kappa shape index (κ2) is 6.43. The summed E-state index contributed by atoms with van der Waals surface area (Å²) >= 11 is 0. The van der Waals surface area contributed by atoms with Gasteiger partial charge >= 0.3 is 0 Å². The van der Waals surface area contributed by atoms with E-state index in [4.69, 9.17) is 0 Å². The lowest BCUT2D eigenvalue weighted by molar-refractivity contribution is 0.433. The van der Waals surface area contributed by atoms with E-state index < -0.39 is 0 Å². The zero-order chi connectivity index (χ0) is 12.7. The molecule has 0 bridgehead atoms. The molecule has 0 atom stereocenters. The molecule has 0 saturated heterocycles. The Morgan fingerprint density at radius 1 is 1.18 bits per heavy atom. The molecule has 0 aliphatic rings. The van der Waals surface area contributed by atoms with Gasteiger partial charge in [-0.15, -0.1) is 0 Å². The predicted octanol–water partition coefficient (Wildman–Crippen LogP) is 3.83. The van der Waals surface area contributed by atoms with Crippen LogP contribution < -0.4 is 5.43 Å². The van der Waals surface area contributed by atoms with Crippen molar-refractivity contribution in [2.75, 3.05) is 6.54 Å². The van der Waals surface area contributed by atoms with Gasteiger partial charge in [-0.3, -0.25) is 0 Å². The minimum atomic E-state index is 0.253. The fourth-order valence-electron chi connectivity index (χ4n) is 1.60. The standard InChI is InChI=1S/C15H24N2/c1-5-11-16-17-14(12-15(2,3)4)13-9-7-6-8-10-13/h6-10,16H,5,11-12H2,1-4H3. The van der Waals surface area contributed by atoms with E-state index in [1.807, 2.05) is 6.07 Å². The molecule has 17 heavy (non-hydrogen) atoms. The SMILES string of the molecule is CCCNN=C(CC(C)(C)C)c1ccccc1. The molecule has 0 fully saturated rings. The normalized spacial score (nSPS) is 12.6. The maximum Gasteiger partial charge on any atom is 0.0680 e. The van der Waals surface area contributed by atoms with Gasteiger partial charge in [-0.25, -0.2) is 0 Å². The molecule has 0 aliphatic heterocycles. The Bertz CT molecular complexity index is 347. The topological polar surface area (TPSA) is 24.4 Å². The summed E-state index contributed by atoms with van der Waals surface area (Å²) in [5, 5.41) is 4.54. The first-order valence-electron chi connectivity index (χ1n) is 6.38. The highest BCUT2D eigenvalue weighted by atomic mass is 15.3. The monoisotopic (exact) mass is 232 g/mol. The van der Waals surface area contributed by atoms with Crippen molar-refractivity contribution in [3.63, 3.8) is 0 Å². The van der Waals surface area contributed by atoms with Gasteiger partial charge in [-0.05, 0) is 23.8 Å². The molecule has 0 spiro atoms. The third kappa shape index (κ3) is 5.53. The van der Waals surface area contributed by atoms with Crippen LogP contribution in [0.25, 0.3) is 0 Å². The minimum Gasteiger partial charge on any atom is -0.310 e. The molecule has 94 valence electrons. The van der Waals surface area contributed by atoms with Crippen LogP contribution in [0.3, 0.4) is 0 Å². The van der Waals surface area contributed by atoms with Gasteiger partial charge in [0.05, 0.1) is 5.71 Å². The summed E-state index contributed by atoms with van der Waals surface area (Å²) < 4.78 is 0. The van der Waals surface area contributed by atoms with Gasteiger partial charge in [0.25, 0.3) is 0 Å². The molecule has 2 heteroatoms. The minimum absolute atomic E-state index is 0.253. The largest absolute Gasteiger partial charge is 0.310 e. The Labute approximate surface area is 105 Å². The van der Waals surface area contributed by atoms with Crippen LogP contribution in [-0.2, 0) is 0 Å². The summed E-state index contributed by atoms with van der Waals surface area (Å²) in [6.07, 6.45) is 2.08. The summed E-state index contributed by atoms with van der Waals surface area (Å²) in [6.45, 7) is 9.80. The fraction of sp³-hybridized carbons (Fsp3) is 0.533. The van der Waals surface area contributed by atoms with Crippen LogP contribution in [0.4, 0.5) is 0 Å². The third-order valence-electron chi connectivity index (χ3n) is 2.38. The van der Waals surface area contributed by atoms with Gasteiger partial charge in [0.15, 0.2) is 0 Å². The predicted molar refractivity (Wildman–Crippen MR) is 75.3 cm³/mol. The molecule has 0 aromatic heterocycles. The van der Waals surface area contributed by atoms with Crippen LogP contribution in [0.5, 0.6) is 0 Å². The highest BCUT2D eigenvalue weighted by Crippen LogP contribution is 2.21. The van der Waals surface area contributed by atoms with Gasteiger partial charge < -0.3 is 5.43 Å². The van der Waals surface area contributed by atoms with E-state index in [0.717, 1.165) is 25.1 Å². The summed E-state index contributed by atoms with van der Waals surface area (Å²) in [4.78, 5) is 0. The maximum atomic E-state index is 4.54. The molecule has 0 heterocycles. The van der Waals surface area contributed by atoms with E-state index >= 15 is 0 Å². The third-order valence-corrected chi connectivity index (χ3v) is 2.38. The van der Waals surface area contributed by atoms with E-state index in [-0.39, 0.29) is 5.41 Å². The average Bonchev–Trinajstić information content (AvgIpc) is 2.28. The van der Waals surface area contributed by atoms with Crippen LogP contribution in [-0.4, -0.2) is 12.3 Å². The van der Waals surface area contributed by atoms with Crippen LogP contribution >= 0.6 is 0 Å². The van der Waals surface area contributed by atoms with Gasteiger partial charge in [-0.2, -0.15) is 5.10 Å². The van der Waals surface area contributed by atoms with Crippen molar-refractivity contribution >= 4 is 5.71 Å². The quantitative estimate of drug-likeness (QED) is 0.466. The fourth-order valence-corrected chi connectivity index (χ4v) is 1.60. The molecule has 1 aromatic rings. The lowest BCUT2D eigenvalue weighted by Crippen LogP contribution is -2.18. The first kappa shape index (κ1) is 13.8. The van der Waals surface area contributed by atoms with Crippen molar-refractivity contribution in [1.29, 1.82) is 0 Å². The van der Waals surface area contributed by atoms with Crippen LogP contribution in [0.15, 0.2) is 35.4 Å². The Kier molecular flexibility index (Phi) is 5.20. The zero-order valence-corrected chi connectivity index (χ0v) is 11.5. The van der Waals surface area contributed by atoms with Crippen molar-refractivity contribution in [3.05, 3.63) is 35.9 Å². The van der Waals surface area contributed by atoms with Gasteiger partial charge in [0, 0.05) is 6.54 Å². The van der Waals surface area contributed by atoms with E-state index in [1.54, 1.807) is 0 Å². The first-order valence-corrected chi connectivity index (χ1v) is 6.38. The summed E-state index contributed by atoms with van der Waals surface area (Å²) in [7, 11) is 0. The molecule has 0 aliphatic carbocycles. The number of rotatable bonds is 5. The molecular formula is C15H24N2. The highest BCUT2D eigenvalue weighted by Gasteiger charge is 2.15. The van der Waals surface area contributed by atoms with Crippen molar-refractivity contribution in [2.24, 2.45) is 10.5 Å². The molecule has 0 saturated carbocycles. The average molecular weight is 232 g/mol. The number of hydrogen-bond acceptors (Lipinski definition) is 2. The second-order valence-electron chi connectivity index (χ2n) is 5.57. The second-order valence-corrected chi connectivity index (χ2v) is 5.57. The smallest absolute Gasteiger partial charge is 0.0680 e. The molecule has 0 radical (unpaired) electrons. The number of nitrogens with zero attached hydrogens (tertiary/aromatic N) is 1. The van der Waals surface area contributed by atoms with Crippen LogP contribution in [0.2, 0.25) is 0 Å². The van der Waals surface area contributed by atoms with Crippen molar-refractivity contribution in [3.8, 4) is 0 Å². The summed E-state index contributed by atoms with van der Waals surface area (Å²) in [5.74, 6) is 0. The molecule has 0 amide bonds. The van der Waals surface area contributed by atoms with E-state index in [0.29, 0.717) is 0 Å². The zero-order valence-electron chi connectivity index (χ0n) is 11.5. The lowest BCUT2D eigenvalue weighted by atomic mass is 9.87. The van der Waals surface area contributed by atoms with E-state index in [1.165, 1.54) is 5.56 Å². The molecule has 0 unspecified atom stereocenters.